The molecule has 3 heteroatoms. The Bertz CT molecular complexity index is 529. The number of pyridine rings is 1. The molecule has 0 bridgehead atoms. The zero-order valence-corrected chi connectivity index (χ0v) is 10.4. The van der Waals surface area contributed by atoms with Crippen LogP contribution in [0.4, 0.5) is 0 Å². The second kappa shape index (κ2) is 4.31. The van der Waals surface area contributed by atoms with Crippen molar-refractivity contribution in [3.05, 3.63) is 42.2 Å². The fourth-order valence-electron chi connectivity index (χ4n) is 2.44. The summed E-state index contributed by atoms with van der Waals surface area (Å²) in [4.78, 5) is 4.44. The standard InChI is InChI=1S/C14H15NOS/c16-14(6-9-17-10-7-14)13-12-4-2-1-3-11(12)5-8-15-13/h1-5,8,16H,6-7,9-10H2. The van der Waals surface area contributed by atoms with E-state index in [2.05, 4.69) is 17.1 Å². The fraction of sp³-hybridized carbons (Fsp3) is 0.357. The van der Waals surface area contributed by atoms with E-state index in [9.17, 15) is 5.11 Å². The summed E-state index contributed by atoms with van der Waals surface area (Å²) in [7, 11) is 0. The zero-order valence-electron chi connectivity index (χ0n) is 9.60. The molecule has 0 radical (unpaired) electrons. The van der Waals surface area contributed by atoms with E-state index < -0.39 is 5.60 Å². The van der Waals surface area contributed by atoms with E-state index in [-0.39, 0.29) is 0 Å². The highest BCUT2D eigenvalue weighted by Crippen LogP contribution is 2.37. The van der Waals surface area contributed by atoms with Gasteiger partial charge in [0.15, 0.2) is 0 Å². The minimum absolute atomic E-state index is 0.730. The molecule has 0 amide bonds. The smallest absolute Gasteiger partial charge is 0.109 e. The monoisotopic (exact) mass is 245 g/mol. The quantitative estimate of drug-likeness (QED) is 0.838. The third-order valence-corrected chi connectivity index (χ3v) is 4.42. The number of aliphatic hydroxyl groups is 1. The maximum Gasteiger partial charge on any atom is 0.109 e. The molecule has 1 aromatic heterocycles. The van der Waals surface area contributed by atoms with Crippen molar-refractivity contribution in [1.82, 2.24) is 4.98 Å². The van der Waals surface area contributed by atoms with E-state index in [0.29, 0.717) is 0 Å². The van der Waals surface area contributed by atoms with E-state index >= 15 is 0 Å². The van der Waals surface area contributed by atoms with Crippen LogP contribution >= 0.6 is 11.8 Å². The molecular weight excluding hydrogens is 230 g/mol. The van der Waals surface area contributed by atoms with Crippen molar-refractivity contribution in [2.45, 2.75) is 18.4 Å². The lowest BCUT2D eigenvalue weighted by molar-refractivity contribution is 0.0253. The van der Waals surface area contributed by atoms with Crippen molar-refractivity contribution in [2.75, 3.05) is 11.5 Å². The molecule has 1 aliphatic heterocycles. The zero-order chi connectivity index (χ0) is 11.7. The summed E-state index contributed by atoms with van der Waals surface area (Å²) in [5.74, 6) is 2.03. The summed E-state index contributed by atoms with van der Waals surface area (Å²) in [5.41, 5.74) is 0.127. The van der Waals surface area contributed by atoms with Gasteiger partial charge >= 0.3 is 0 Å². The molecule has 1 saturated heterocycles. The maximum absolute atomic E-state index is 10.8. The van der Waals surface area contributed by atoms with Crippen molar-refractivity contribution >= 4 is 22.5 Å². The maximum atomic E-state index is 10.8. The number of thioether (sulfide) groups is 1. The summed E-state index contributed by atoms with van der Waals surface area (Å²) in [6.07, 6.45) is 3.41. The molecule has 1 aliphatic rings. The van der Waals surface area contributed by atoms with Crippen molar-refractivity contribution in [2.24, 2.45) is 0 Å². The lowest BCUT2D eigenvalue weighted by atomic mass is 9.89. The van der Waals surface area contributed by atoms with Gasteiger partial charge in [-0.05, 0) is 35.8 Å². The number of benzene rings is 1. The molecule has 88 valence electrons. The van der Waals surface area contributed by atoms with Crippen LogP contribution in [0.2, 0.25) is 0 Å². The van der Waals surface area contributed by atoms with E-state index in [0.717, 1.165) is 40.8 Å². The molecule has 2 nitrogen and oxygen atoms in total. The number of aromatic nitrogens is 1. The molecule has 17 heavy (non-hydrogen) atoms. The van der Waals surface area contributed by atoms with Crippen LogP contribution in [-0.2, 0) is 5.60 Å². The first-order chi connectivity index (χ1) is 8.30. The molecule has 0 atom stereocenters. The van der Waals surface area contributed by atoms with Gasteiger partial charge in [-0.1, -0.05) is 24.3 Å². The van der Waals surface area contributed by atoms with Crippen LogP contribution < -0.4 is 0 Å². The molecule has 1 fully saturated rings. The van der Waals surface area contributed by atoms with Gasteiger partial charge < -0.3 is 5.11 Å². The number of hydrogen-bond donors (Lipinski definition) is 1. The van der Waals surface area contributed by atoms with Gasteiger partial charge in [0.1, 0.15) is 5.60 Å². The van der Waals surface area contributed by atoms with Gasteiger partial charge in [0.2, 0.25) is 0 Å². The number of rotatable bonds is 1. The van der Waals surface area contributed by atoms with Crippen LogP contribution in [0.1, 0.15) is 18.5 Å². The van der Waals surface area contributed by atoms with Crippen molar-refractivity contribution in [3.8, 4) is 0 Å². The average molecular weight is 245 g/mol. The molecule has 0 saturated carbocycles. The summed E-state index contributed by atoms with van der Waals surface area (Å²) < 4.78 is 0. The number of hydrogen-bond acceptors (Lipinski definition) is 3. The van der Waals surface area contributed by atoms with E-state index in [1.807, 2.05) is 30.0 Å². The normalized spacial score (nSPS) is 19.4. The Morgan fingerprint density at radius 2 is 1.88 bits per heavy atom. The van der Waals surface area contributed by atoms with Gasteiger partial charge in [0.05, 0.1) is 5.69 Å². The molecule has 3 rings (SSSR count). The first-order valence-corrected chi connectivity index (χ1v) is 7.09. The first kappa shape index (κ1) is 11.1. The van der Waals surface area contributed by atoms with Crippen LogP contribution in [0, 0.1) is 0 Å². The van der Waals surface area contributed by atoms with Crippen LogP contribution in [-0.4, -0.2) is 21.6 Å². The summed E-state index contributed by atoms with van der Waals surface area (Å²) in [6, 6.07) is 10.2. The van der Waals surface area contributed by atoms with Gasteiger partial charge in [-0.15, -0.1) is 0 Å². The highest BCUT2D eigenvalue weighted by molar-refractivity contribution is 7.99. The predicted octanol–water partition coefficient (Wildman–Crippen LogP) is 2.95. The van der Waals surface area contributed by atoms with Gasteiger partial charge in [-0.25, -0.2) is 0 Å². The molecule has 2 aromatic rings. The van der Waals surface area contributed by atoms with Gasteiger partial charge in [0, 0.05) is 11.6 Å². The average Bonchev–Trinajstić information content (AvgIpc) is 2.39. The SMILES string of the molecule is OC1(c2nccc3ccccc23)CCSCC1. The summed E-state index contributed by atoms with van der Waals surface area (Å²) in [6.45, 7) is 0. The lowest BCUT2D eigenvalue weighted by Crippen LogP contribution is -2.31. The molecule has 1 N–H and O–H groups in total. The van der Waals surface area contributed by atoms with Gasteiger partial charge in [-0.3, -0.25) is 4.98 Å². The topological polar surface area (TPSA) is 33.1 Å². The Morgan fingerprint density at radius 1 is 1.12 bits per heavy atom. The van der Waals surface area contributed by atoms with Gasteiger partial charge in [-0.2, -0.15) is 11.8 Å². The van der Waals surface area contributed by atoms with Gasteiger partial charge in [0.25, 0.3) is 0 Å². The Labute approximate surface area is 105 Å². The number of nitrogens with zero attached hydrogens (tertiary/aromatic N) is 1. The fourth-order valence-corrected chi connectivity index (χ4v) is 3.60. The predicted molar refractivity (Wildman–Crippen MR) is 72.2 cm³/mol. The minimum atomic E-state index is -0.730. The third kappa shape index (κ3) is 1.94. The van der Waals surface area contributed by atoms with Crippen molar-refractivity contribution < 1.29 is 5.11 Å². The Balaban J connectivity index is 2.16. The van der Waals surface area contributed by atoms with Crippen LogP contribution in [0.5, 0.6) is 0 Å². The van der Waals surface area contributed by atoms with Crippen LogP contribution in [0.25, 0.3) is 10.8 Å². The van der Waals surface area contributed by atoms with E-state index in [4.69, 9.17) is 0 Å². The first-order valence-electron chi connectivity index (χ1n) is 5.94. The Hall–Kier alpha value is -1.06. The molecule has 1 aromatic carbocycles. The molecule has 2 heterocycles. The van der Waals surface area contributed by atoms with E-state index in [1.54, 1.807) is 6.20 Å². The largest absolute Gasteiger partial charge is 0.383 e. The highest BCUT2D eigenvalue weighted by atomic mass is 32.2. The van der Waals surface area contributed by atoms with Crippen molar-refractivity contribution in [1.29, 1.82) is 0 Å². The third-order valence-electron chi connectivity index (χ3n) is 3.43. The Morgan fingerprint density at radius 3 is 2.71 bits per heavy atom. The lowest BCUT2D eigenvalue weighted by Gasteiger charge is -2.32. The molecule has 0 aliphatic carbocycles. The molecule has 0 unspecified atom stereocenters. The minimum Gasteiger partial charge on any atom is -0.383 e. The number of fused-ring (bicyclic) bond motifs is 1. The summed E-state index contributed by atoms with van der Waals surface area (Å²) in [5, 5.41) is 13.0. The Kier molecular flexibility index (Phi) is 2.81. The second-order valence-corrected chi connectivity index (χ2v) is 5.75. The van der Waals surface area contributed by atoms with E-state index in [1.165, 1.54) is 0 Å². The second-order valence-electron chi connectivity index (χ2n) is 4.52. The highest BCUT2D eigenvalue weighted by Gasteiger charge is 2.34. The summed E-state index contributed by atoms with van der Waals surface area (Å²) >= 11 is 1.91. The van der Waals surface area contributed by atoms with Crippen molar-refractivity contribution in [3.63, 3.8) is 0 Å². The van der Waals surface area contributed by atoms with Crippen LogP contribution in [0.15, 0.2) is 36.5 Å². The molecule has 0 spiro atoms. The molecular formula is C14H15NOS. The van der Waals surface area contributed by atoms with Crippen LogP contribution in [0.3, 0.4) is 0 Å².